The Morgan fingerprint density at radius 2 is 2.06 bits per heavy atom. The predicted octanol–water partition coefficient (Wildman–Crippen LogP) is 2.59. The van der Waals surface area contributed by atoms with Crippen LogP contribution in [0.3, 0.4) is 0 Å². The highest BCUT2D eigenvalue weighted by Crippen LogP contribution is 2.34. The lowest BCUT2D eigenvalue weighted by atomic mass is 10.1. The molecule has 0 atom stereocenters. The van der Waals surface area contributed by atoms with Gasteiger partial charge in [0, 0.05) is 12.4 Å². The zero-order chi connectivity index (χ0) is 13.3. The van der Waals surface area contributed by atoms with Gasteiger partial charge in [-0.3, -0.25) is 0 Å². The molecule has 2 rings (SSSR count). The highest BCUT2D eigenvalue weighted by Gasteiger charge is 2.34. The van der Waals surface area contributed by atoms with E-state index in [1.807, 2.05) is 0 Å². The minimum absolute atomic E-state index is 0.228. The van der Waals surface area contributed by atoms with Gasteiger partial charge in [0.1, 0.15) is 0 Å². The van der Waals surface area contributed by atoms with Crippen LogP contribution in [-0.2, 0) is 6.18 Å². The second kappa shape index (κ2) is 4.17. The predicted molar refractivity (Wildman–Crippen MR) is 55.5 cm³/mol. The van der Waals surface area contributed by atoms with Crippen LogP contribution in [0.25, 0.3) is 5.69 Å². The summed E-state index contributed by atoms with van der Waals surface area (Å²) in [6, 6.07) is 4.05. The van der Waals surface area contributed by atoms with E-state index in [1.165, 1.54) is 18.5 Å². The largest absolute Gasteiger partial charge is 0.478 e. The molecular formula is C11H7F3N2O2. The Kier molecular flexibility index (Phi) is 2.82. The van der Waals surface area contributed by atoms with Crippen LogP contribution < -0.4 is 0 Å². The van der Waals surface area contributed by atoms with E-state index >= 15 is 0 Å². The molecule has 0 saturated heterocycles. The number of nitrogens with zero attached hydrogens (tertiary/aromatic N) is 2. The normalized spacial score (nSPS) is 11.5. The van der Waals surface area contributed by atoms with Gasteiger partial charge in [0.15, 0.2) is 0 Å². The third kappa shape index (κ3) is 2.20. The van der Waals surface area contributed by atoms with Gasteiger partial charge < -0.3 is 5.11 Å². The summed E-state index contributed by atoms with van der Waals surface area (Å²) in [5.41, 5.74) is -1.47. The van der Waals surface area contributed by atoms with Crippen LogP contribution in [0.1, 0.15) is 15.9 Å². The maximum absolute atomic E-state index is 12.8. The molecule has 0 spiro atoms. The number of hydrogen-bond acceptors (Lipinski definition) is 2. The van der Waals surface area contributed by atoms with E-state index in [2.05, 4.69) is 5.10 Å². The third-order valence-corrected chi connectivity index (χ3v) is 2.30. The summed E-state index contributed by atoms with van der Waals surface area (Å²) in [4.78, 5) is 10.8. The number of aromatic carboxylic acids is 1. The molecule has 0 amide bonds. The maximum atomic E-state index is 12.8. The van der Waals surface area contributed by atoms with E-state index < -0.39 is 17.7 Å². The van der Waals surface area contributed by atoms with Crippen molar-refractivity contribution in [1.82, 2.24) is 9.78 Å². The maximum Gasteiger partial charge on any atom is 0.418 e. The van der Waals surface area contributed by atoms with Gasteiger partial charge in [0.25, 0.3) is 0 Å². The monoisotopic (exact) mass is 256 g/mol. The van der Waals surface area contributed by atoms with Crippen LogP contribution >= 0.6 is 0 Å². The first-order valence-electron chi connectivity index (χ1n) is 4.84. The SMILES string of the molecule is O=C(O)c1ccc(C(F)(F)F)c(-n2cccn2)c1. The molecule has 1 N–H and O–H groups in total. The average Bonchev–Trinajstić information content (AvgIpc) is 2.80. The van der Waals surface area contributed by atoms with Crippen LogP contribution in [-0.4, -0.2) is 20.9 Å². The number of carboxylic acids is 1. The van der Waals surface area contributed by atoms with Gasteiger partial charge in [-0.25, -0.2) is 9.48 Å². The number of carboxylic acid groups (broad SMARTS) is 1. The van der Waals surface area contributed by atoms with E-state index in [0.29, 0.717) is 0 Å². The fraction of sp³-hybridized carbons (Fsp3) is 0.0909. The fourth-order valence-electron chi connectivity index (χ4n) is 1.51. The number of carbonyl (C=O) groups is 1. The Bertz CT molecular complexity index is 576. The quantitative estimate of drug-likeness (QED) is 0.898. The van der Waals surface area contributed by atoms with Crippen molar-refractivity contribution >= 4 is 5.97 Å². The summed E-state index contributed by atoms with van der Waals surface area (Å²) >= 11 is 0. The van der Waals surface area contributed by atoms with Crippen molar-refractivity contribution in [2.75, 3.05) is 0 Å². The fourth-order valence-corrected chi connectivity index (χ4v) is 1.51. The molecule has 1 aromatic carbocycles. The van der Waals surface area contributed by atoms with Gasteiger partial charge in [-0.1, -0.05) is 0 Å². The minimum Gasteiger partial charge on any atom is -0.478 e. The minimum atomic E-state index is -4.57. The number of aromatic nitrogens is 2. The Labute approximate surface area is 99.3 Å². The van der Waals surface area contributed by atoms with Gasteiger partial charge in [-0.15, -0.1) is 0 Å². The van der Waals surface area contributed by atoms with E-state index in [-0.39, 0.29) is 11.3 Å². The molecule has 4 nitrogen and oxygen atoms in total. The van der Waals surface area contributed by atoms with Gasteiger partial charge in [-0.05, 0) is 24.3 Å². The summed E-state index contributed by atoms with van der Waals surface area (Å²) in [5, 5.41) is 12.5. The zero-order valence-electron chi connectivity index (χ0n) is 8.85. The standard InChI is InChI=1S/C11H7F3N2O2/c12-11(13,14)8-3-2-7(10(17)18)6-9(8)16-5-1-4-15-16/h1-6H,(H,17,18). The van der Waals surface area contributed by atoms with Crippen molar-refractivity contribution in [2.45, 2.75) is 6.18 Å². The Morgan fingerprint density at radius 1 is 1.33 bits per heavy atom. The van der Waals surface area contributed by atoms with Gasteiger partial charge in [0.05, 0.1) is 16.8 Å². The highest BCUT2D eigenvalue weighted by atomic mass is 19.4. The second-order valence-electron chi connectivity index (χ2n) is 3.49. The van der Waals surface area contributed by atoms with E-state index in [0.717, 1.165) is 22.9 Å². The van der Waals surface area contributed by atoms with Crippen molar-refractivity contribution in [1.29, 1.82) is 0 Å². The molecule has 0 unspecified atom stereocenters. The molecule has 1 heterocycles. The van der Waals surface area contributed by atoms with Crippen molar-refractivity contribution in [2.24, 2.45) is 0 Å². The molecule has 7 heteroatoms. The number of hydrogen-bond donors (Lipinski definition) is 1. The molecule has 0 bridgehead atoms. The summed E-state index contributed by atoms with van der Waals surface area (Å²) in [7, 11) is 0. The first-order chi connectivity index (χ1) is 8.39. The first kappa shape index (κ1) is 12.2. The lowest BCUT2D eigenvalue weighted by molar-refractivity contribution is -0.137. The third-order valence-electron chi connectivity index (χ3n) is 2.30. The molecule has 0 radical (unpaired) electrons. The zero-order valence-corrected chi connectivity index (χ0v) is 8.85. The molecule has 0 aliphatic heterocycles. The lowest BCUT2D eigenvalue weighted by Gasteiger charge is -2.13. The van der Waals surface area contributed by atoms with Crippen LogP contribution in [0.2, 0.25) is 0 Å². The Hall–Kier alpha value is -2.31. The van der Waals surface area contributed by atoms with Gasteiger partial charge >= 0.3 is 12.1 Å². The summed E-state index contributed by atoms with van der Waals surface area (Å²) < 4.78 is 39.3. The molecular weight excluding hydrogens is 249 g/mol. The average molecular weight is 256 g/mol. The van der Waals surface area contributed by atoms with E-state index in [4.69, 9.17) is 5.11 Å². The van der Waals surface area contributed by atoms with Crippen molar-refractivity contribution in [3.05, 3.63) is 47.8 Å². The number of alkyl halides is 3. The van der Waals surface area contributed by atoms with Crippen LogP contribution in [0.5, 0.6) is 0 Å². The van der Waals surface area contributed by atoms with Crippen LogP contribution in [0, 0.1) is 0 Å². The van der Waals surface area contributed by atoms with Crippen molar-refractivity contribution in [3.8, 4) is 5.69 Å². The molecule has 18 heavy (non-hydrogen) atoms. The van der Waals surface area contributed by atoms with Crippen LogP contribution in [0.4, 0.5) is 13.2 Å². The molecule has 0 saturated carbocycles. The van der Waals surface area contributed by atoms with E-state index in [1.54, 1.807) is 0 Å². The van der Waals surface area contributed by atoms with Crippen molar-refractivity contribution < 1.29 is 23.1 Å². The summed E-state index contributed by atoms with van der Waals surface area (Å²) in [6.07, 6.45) is -1.94. The smallest absolute Gasteiger partial charge is 0.418 e. The summed E-state index contributed by atoms with van der Waals surface area (Å²) in [6.45, 7) is 0. The Balaban J connectivity index is 2.65. The molecule has 0 fully saturated rings. The number of halogens is 3. The molecule has 0 aliphatic carbocycles. The topological polar surface area (TPSA) is 55.1 Å². The Morgan fingerprint density at radius 3 is 2.56 bits per heavy atom. The second-order valence-corrected chi connectivity index (χ2v) is 3.49. The van der Waals surface area contributed by atoms with Crippen molar-refractivity contribution in [3.63, 3.8) is 0 Å². The molecule has 1 aromatic heterocycles. The molecule has 2 aromatic rings. The van der Waals surface area contributed by atoms with E-state index in [9.17, 15) is 18.0 Å². The highest BCUT2D eigenvalue weighted by molar-refractivity contribution is 5.88. The number of rotatable bonds is 2. The number of benzene rings is 1. The molecule has 94 valence electrons. The molecule has 0 aliphatic rings. The summed E-state index contributed by atoms with van der Waals surface area (Å²) in [5.74, 6) is -1.29. The van der Waals surface area contributed by atoms with Gasteiger partial charge in [-0.2, -0.15) is 18.3 Å². The lowest BCUT2D eigenvalue weighted by Crippen LogP contribution is -2.12. The van der Waals surface area contributed by atoms with Crippen LogP contribution in [0.15, 0.2) is 36.7 Å². The van der Waals surface area contributed by atoms with Gasteiger partial charge in [0.2, 0.25) is 0 Å². The first-order valence-corrected chi connectivity index (χ1v) is 4.84.